The molecule has 2 aromatic heterocycles. The van der Waals surface area contributed by atoms with E-state index in [0.29, 0.717) is 11.2 Å². The number of benzene rings is 1. The van der Waals surface area contributed by atoms with Crippen LogP contribution >= 0.6 is 11.8 Å². The molecule has 0 unspecified atom stereocenters. The summed E-state index contributed by atoms with van der Waals surface area (Å²) in [7, 11) is 0. The Morgan fingerprint density at radius 2 is 2.21 bits per heavy atom. The molecule has 5 nitrogen and oxygen atoms in total. The van der Waals surface area contributed by atoms with Gasteiger partial charge in [-0.25, -0.2) is 15.0 Å². The highest BCUT2D eigenvalue weighted by molar-refractivity contribution is 7.98. The average molecular weight is 267 g/mol. The normalized spacial score (nSPS) is 10.5. The van der Waals surface area contributed by atoms with Crippen molar-refractivity contribution in [2.24, 2.45) is 0 Å². The standard InChI is InChI=1S/C13H9N5S/c14-5-9-2-1-3-10(4-9)6-19-13-11-12(16-7-15-11)17-8-18-13/h1-4,7-8H,6H2,(H,15,16,17,18). The average Bonchev–Trinajstić information content (AvgIpc) is 2.94. The summed E-state index contributed by atoms with van der Waals surface area (Å²) in [6, 6.07) is 9.71. The summed E-state index contributed by atoms with van der Waals surface area (Å²) in [6.45, 7) is 0. The highest BCUT2D eigenvalue weighted by Crippen LogP contribution is 2.25. The first-order valence-corrected chi connectivity index (χ1v) is 6.61. The van der Waals surface area contributed by atoms with E-state index in [1.807, 2.05) is 18.2 Å². The number of nitriles is 1. The number of H-pyrrole nitrogens is 1. The molecule has 0 saturated carbocycles. The van der Waals surface area contributed by atoms with Crippen LogP contribution in [0, 0.1) is 11.3 Å². The summed E-state index contributed by atoms with van der Waals surface area (Å²) < 4.78 is 0. The van der Waals surface area contributed by atoms with Crippen LogP contribution in [0.25, 0.3) is 11.2 Å². The molecule has 0 spiro atoms. The van der Waals surface area contributed by atoms with E-state index >= 15 is 0 Å². The number of imidazole rings is 1. The number of nitrogens with zero attached hydrogens (tertiary/aromatic N) is 4. The van der Waals surface area contributed by atoms with Gasteiger partial charge in [0.05, 0.1) is 18.0 Å². The number of thioether (sulfide) groups is 1. The summed E-state index contributed by atoms with van der Waals surface area (Å²) in [5.41, 5.74) is 3.29. The van der Waals surface area contributed by atoms with E-state index in [4.69, 9.17) is 5.26 Å². The van der Waals surface area contributed by atoms with Crippen LogP contribution in [0.3, 0.4) is 0 Å². The highest BCUT2D eigenvalue weighted by atomic mass is 32.2. The van der Waals surface area contributed by atoms with Gasteiger partial charge in [0.2, 0.25) is 0 Å². The molecule has 0 bridgehead atoms. The minimum Gasteiger partial charge on any atom is -0.341 e. The minimum absolute atomic E-state index is 0.670. The van der Waals surface area contributed by atoms with Gasteiger partial charge >= 0.3 is 0 Å². The lowest BCUT2D eigenvalue weighted by molar-refractivity contribution is 1.08. The second kappa shape index (κ2) is 5.08. The van der Waals surface area contributed by atoms with Crippen LogP contribution in [0.2, 0.25) is 0 Å². The quantitative estimate of drug-likeness (QED) is 0.582. The van der Waals surface area contributed by atoms with E-state index in [0.717, 1.165) is 21.9 Å². The smallest absolute Gasteiger partial charge is 0.181 e. The van der Waals surface area contributed by atoms with Gasteiger partial charge in [-0.3, -0.25) is 0 Å². The molecule has 0 atom stereocenters. The Hall–Kier alpha value is -2.39. The van der Waals surface area contributed by atoms with Crippen molar-refractivity contribution in [2.45, 2.75) is 10.8 Å². The fourth-order valence-corrected chi connectivity index (χ4v) is 2.63. The maximum Gasteiger partial charge on any atom is 0.181 e. The lowest BCUT2D eigenvalue weighted by atomic mass is 10.2. The van der Waals surface area contributed by atoms with E-state index in [2.05, 4.69) is 26.0 Å². The lowest BCUT2D eigenvalue weighted by Gasteiger charge is -2.02. The third-order valence-electron chi connectivity index (χ3n) is 2.62. The molecule has 3 aromatic rings. The molecule has 0 radical (unpaired) electrons. The van der Waals surface area contributed by atoms with Gasteiger partial charge in [-0.2, -0.15) is 5.26 Å². The van der Waals surface area contributed by atoms with Crippen LogP contribution in [-0.2, 0) is 5.75 Å². The predicted octanol–water partition coefficient (Wildman–Crippen LogP) is 2.52. The zero-order valence-electron chi connectivity index (χ0n) is 9.87. The van der Waals surface area contributed by atoms with Crippen molar-refractivity contribution in [3.05, 3.63) is 48.0 Å². The lowest BCUT2D eigenvalue weighted by Crippen LogP contribution is -1.88. The van der Waals surface area contributed by atoms with Crippen molar-refractivity contribution in [3.63, 3.8) is 0 Å². The molecule has 6 heteroatoms. The molecular formula is C13H9N5S. The first kappa shape index (κ1) is 11.7. The van der Waals surface area contributed by atoms with Crippen LogP contribution in [-0.4, -0.2) is 19.9 Å². The van der Waals surface area contributed by atoms with Gasteiger partial charge in [-0.1, -0.05) is 23.9 Å². The van der Waals surface area contributed by atoms with E-state index < -0.39 is 0 Å². The van der Waals surface area contributed by atoms with Crippen LogP contribution in [0.5, 0.6) is 0 Å². The molecule has 19 heavy (non-hydrogen) atoms. The molecule has 1 N–H and O–H groups in total. The molecule has 2 heterocycles. The largest absolute Gasteiger partial charge is 0.341 e. The van der Waals surface area contributed by atoms with Crippen molar-refractivity contribution in [1.82, 2.24) is 19.9 Å². The Labute approximate surface area is 113 Å². The number of fused-ring (bicyclic) bond motifs is 1. The van der Waals surface area contributed by atoms with E-state index in [1.54, 1.807) is 24.2 Å². The van der Waals surface area contributed by atoms with Gasteiger partial charge in [0, 0.05) is 5.75 Å². The first-order valence-electron chi connectivity index (χ1n) is 5.63. The fourth-order valence-electron chi connectivity index (χ4n) is 1.73. The van der Waals surface area contributed by atoms with Gasteiger partial charge in [-0.05, 0) is 17.7 Å². The molecule has 3 rings (SSSR count). The van der Waals surface area contributed by atoms with Gasteiger partial charge in [0.1, 0.15) is 16.9 Å². The number of aromatic nitrogens is 4. The Morgan fingerprint density at radius 1 is 1.26 bits per heavy atom. The summed E-state index contributed by atoms with van der Waals surface area (Å²) in [5.74, 6) is 0.751. The van der Waals surface area contributed by atoms with Crippen molar-refractivity contribution in [3.8, 4) is 6.07 Å². The summed E-state index contributed by atoms with van der Waals surface area (Å²) in [5, 5.41) is 9.74. The molecule has 0 amide bonds. The Kier molecular flexibility index (Phi) is 3.12. The third kappa shape index (κ3) is 2.41. The van der Waals surface area contributed by atoms with Crippen molar-refractivity contribution >= 4 is 22.9 Å². The minimum atomic E-state index is 0.670. The fraction of sp³-hybridized carbons (Fsp3) is 0.0769. The Balaban J connectivity index is 1.82. The number of rotatable bonds is 3. The SMILES string of the molecule is N#Cc1cccc(CSc2ncnc3nc[nH]c23)c1. The van der Waals surface area contributed by atoms with Crippen molar-refractivity contribution < 1.29 is 0 Å². The van der Waals surface area contributed by atoms with Crippen LogP contribution in [0.15, 0.2) is 41.9 Å². The second-order valence-electron chi connectivity index (χ2n) is 3.88. The van der Waals surface area contributed by atoms with Gasteiger partial charge in [0.15, 0.2) is 5.65 Å². The van der Waals surface area contributed by atoms with E-state index in [-0.39, 0.29) is 0 Å². The molecule has 0 fully saturated rings. The van der Waals surface area contributed by atoms with E-state index in [9.17, 15) is 0 Å². The van der Waals surface area contributed by atoms with Crippen molar-refractivity contribution in [2.75, 3.05) is 0 Å². The third-order valence-corrected chi connectivity index (χ3v) is 3.68. The number of aromatic amines is 1. The summed E-state index contributed by atoms with van der Waals surface area (Å²) in [4.78, 5) is 15.5. The monoisotopic (exact) mass is 267 g/mol. The maximum atomic E-state index is 8.87. The summed E-state index contributed by atoms with van der Waals surface area (Å²) in [6.07, 6.45) is 3.12. The Bertz CT molecular complexity index is 759. The van der Waals surface area contributed by atoms with E-state index in [1.165, 1.54) is 6.33 Å². The number of hydrogen-bond donors (Lipinski definition) is 1. The zero-order valence-corrected chi connectivity index (χ0v) is 10.7. The zero-order chi connectivity index (χ0) is 13.1. The van der Waals surface area contributed by atoms with Crippen molar-refractivity contribution in [1.29, 1.82) is 5.26 Å². The van der Waals surface area contributed by atoms with Gasteiger partial charge in [-0.15, -0.1) is 0 Å². The number of hydrogen-bond acceptors (Lipinski definition) is 5. The van der Waals surface area contributed by atoms with Gasteiger partial charge < -0.3 is 4.98 Å². The van der Waals surface area contributed by atoms with Crippen LogP contribution in [0.4, 0.5) is 0 Å². The topological polar surface area (TPSA) is 78.2 Å². The molecular weight excluding hydrogens is 258 g/mol. The first-order chi connectivity index (χ1) is 9.36. The summed E-state index contributed by atoms with van der Waals surface area (Å²) >= 11 is 1.60. The molecule has 1 aromatic carbocycles. The predicted molar refractivity (Wildman–Crippen MR) is 72.4 cm³/mol. The number of nitrogens with one attached hydrogen (secondary N) is 1. The molecule has 0 aliphatic rings. The maximum absolute atomic E-state index is 8.87. The molecule has 0 aliphatic heterocycles. The second-order valence-corrected chi connectivity index (χ2v) is 4.84. The van der Waals surface area contributed by atoms with Crippen LogP contribution < -0.4 is 0 Å². The highest BCUT2D eigenvalue weighted by Gasteiger charge is 2.06. The molecule has 92 valence electrons. The molecule has 0 aliphatic carbocycles. The molecule has 0 saturated heterocycles. The Morgan fingerprint density at radius 3 is 3.11 bits per heavy atom. The van der Waals surface area contributed by atoms with Gasteiger partial charge in [0.25, 0.3) is 0 Å². The van der Waals surface area contributed by atoms with Crippen LogP contribution in [0.1, 0.15) is 11.1 Å².